The predicted molar refractivity (Wildman–Crippen MR) is 61.7 cm³/mol. The predicted octanol–water partition coefficient (Wildman–Crippen LogP) is 1.46. The summed E-state index contributed by atoms with van der Waals surface area (Å²) in [6, 6.07) is 6.81. The van der Waals surface area contributed by atoms with Crippen LogP contribution in [0.5, 0.6) is 0 Å². The molecule has 0 fully saturated rings. The number of rotatable bonds is 4. The van der Waals surface area contributed by atoms with Gasteiger partial charge in [-0.2, -0.15) is 0 Å². The molecule has 2 rings (SSSR count). The zero-order chi connectivity index (χ0) is 12.3. The highest BCUT2D eigenvalue weighted by atomic mass is 32.2. The Morgan fingerprint density at radius 3 is 2.76 bits per heavy atom. The van der Waals surface area contributed by atoms with E-state index in [0.29, 0.717) is 11.3 Å². The topological polar surface area (TPSA) is 72.2 Å². The van der Waals surface area contributed by atoms with Gasteiger partial charge in [-0.3, -0.25) is 0 Å². The summed E-state index contributed by atoms with van der Waals surface area (Å²) in [5.74, 6) is 0. The lowest BCUT2D eigenvalue weighted by Crippen LogP contribution is -2.24. The van der Waals surface area contributed by atoms with Crippen LogP contribution in [0.4, 0.5) is 0 Å². The van der Waals surface area contributed by atoms with Gasteiger partial charge in [-0.05, 0) is 18.6 Å². The fourth-order valence-corrected chi connectivity index (χ4v) is 2.67. The molecule has 0 unspecified atom stereocenters. The fourth-order valence-electron chi connectivity index (χ4n) is 1.43. The minimum Gasteiger partial charge on any atom is -0.451 e. The van der Waals surface area contributed by atoms with Gasteiger partial charge in [0.2, 0.25) is 10.0 Å². The molecule has 1 aromatic heterocycles. The molecule has 1 heterocycles. The van der Waals surface area contributed by atoms with Crippen molar-refractivity contribution in [3.05, 3.63) is 48.2 Å². The number of aromatic nitrogens is 1. The fraction of sp³-hybridized carbons (Fsp3) is 0.182. The number of nitrogens with one attached hydrogen (secondary N) is 1. The maximum Gasteiger partial charge on any atom is 0.241 e. The van der Waals surface area contributed by atoms with Crippen molar-refractivity contribution >= 4 is 10.0 Å². The van der Waals surface area contributed by atoms with Gasteiger partial charge in [0.15, 0.2) is 6.39 Å². The molecule has 17 heavy (non-hydrogen) atoms. The molecule has 5 nitrogen and oxygen atoms in total. The van der Waals surface area contributed by atoms with Crippen molar-refractivity contribution in [3.8, 4) is 0 Å². The molecular weight excluding hydrogens is 240 g/mol. The largest absolute Gasteiger partial charge is 0.451 e. The number of oxazole rings is 1. The molecule has 1 N–H and O–H groups in total. The van der Waals surface area contributed by atoms with Crippen LogP contribution in [-0.2, 0) is 16.6 Å². The normalized spacial score (nSPS) is 11.6. The van der Waals surface area contributed by atoms with Crippen LogP contribution < -0.4 is 4.72 Å². The zero-order valence-corrected chi connectivity index (χ0v) is 10.1. The van der Waals surface area contributed by atoms with E-state index in [1.54, 1.807) is 31.2 Å². The first kappa shape index (κ1) is 11.8. The minimum atomic E-state index is -3.50. The lowest BCUT2D eigenvalue weighted by atomic mass is 10.2. The molecule has 0 aliphatic heterocycles. The van der Waals surface area contributed by atoms with Gasteiger partial charge in [-0.1, -0.05) is 18.2 Å². The van der Waals surface area contributed by atoms with Gasteiger partial charge in [0, 0.05) is 0 Å². The van der Waals surface area contributed by atoms with E-state index in [4.69, 9.17) is 4.42 Å². The second-order valence-corrected chi connectivity index (χ2v) is 5.31. The Labute approximate surface area is 99.5 Å². The van der Waals surface area contributed by atoms with Crippen LogP contribution in [0.3, 0.4) is 0 Å². The number of aryl methyl sites for hydroxylation is 1. The molecule has 0 aliphatic rings. The molecule has 1 aromatic carbocycles. The van der Waals surface area contributed by atoms with E-state index < -0.39 is 10.0 Å². The summed E-state index contributed by atoms with van der Waals surface area (Å²) in [4.78, 5) is 4.12. The molecule has 0 saturated carbocycles. The quantitative estimate of drug-likeness (QED) is 0.894. The van der Waals surface area contributed by atoms with Gasteiger partial charge in [0.1, 0.15) is 6.26 Å². The van der Waals surface area contributed by atoms with Crippen LogP contribution >= 0.6 is 0 Å². The van der Waals surface area contributed by atoms with Gasteiger partial charge in [-0.25, -0.2) is 18.1 Å². The van der Waals surface area contributed by atoms with E-state index in [-0.39, 0.29) is 11.4 Å². The van der Waals surface area contributed by atoms with Crippen molar-refractivity contribution in [1.29, 1.82) is 0 Å². The Morgan fingerprint density at radius 1 is 1.35 bits per heavy atom. The highest BCUT2D eigenvalue weighted by Gasteiger charge is 2.15. The van der Waals surface area contributed by atoms with Crippen molar-refractivity contribution < 1.29 is 12.8 Å². The summed E-state index contributed by atoms with van der Waals surface area (Å²) in [5, 5.41) is 0. The monoisotopic (exact) mass is 252 g/mol. The average molecular weight is 252 g/mol. The first-order chi connectivity index (χ1) is 8.09. The van der Waals surface area contributed by atoms with E-state index in [1.165, 1.54) is 12.7 Å². The van der Waals surface area contributed by atoms with E-state index in [9.17, 15) is 8.42 Å². The number of nitrogens with zero attached hydrogens (tertiary/aromatic N) is 1. The van der Waals surface area contributed by atoms with E-state index in [1.807, 2.05) is 0 Å². The van der Waals surface area contributed by atoms with Crippen molar-refractivity contribution in [2.75, 3.05) is 0 Å². The van der Waals surface area contributed by atoms with Crippen LogP contribution in [0.2, 0.25) is 0 Å². The molecule has 0 spiro atoms. The third-order valence-electron chi connectivity index (χ3n) is 2.31. The lowest BCUT2D eigenvalue weighted by molar-refractivity contribution is 0.555. The van der Waals surface area contributed by atoms with Gasteiger partial charge in [0.05, 0.1) is 17.1 Å². The average Bonchev–Trinajstić information content (AvgIpc) is 2.80. The summed E-state index contributed by atoms with van der Waals surface area (Å²) in [6.07, 6.45) is 2.66. The Hall–Kier alpha value is -1.66. The van der Waals surface area contributed by atoms with E-state index >= 15 is 0 Å². The Bertz CT molecular complexity index is 591. The van der Waals surface area contributed by atoms with Gasteiger partial charge >= 0.3 is 0 Å². The van der Waals surface area contributed by atoms with Crippen molar-refractivity contribution in [2.45, 2.75) is 18.4 Å². The minimum absolute atomic E-state index is 0.118. The standard InChI is InChI=1S/C11H12N2O3S/c1-9-4-2-3-5-11(9)17(14,15)13-6-10-7-16-8-12-10/h2-5,7-8,13H,6H2,1H3. The summed E-state index contributed by atoms with van der Waals surface area (Å²) < 4.78 is 31.2. The molecule has 90 valence electrons. The van der Waals surface area contributed by atoms with E-state index in [0.717, 1.165) is 0 Å². The van der Waals surface area contributed by atoms with Gasteiger partial charge in [0.25, 0.3) is 0 Å². The molecule has 6 heteroatoms. The Kier molecular flexibility index (Phi) is 3.26. The number of hydrogen-bond donors (Lipinski definition) is 1. The second-order valence-electron chi connectivity index (χ2n) is 3.57. The number of hydrogen-bond acceptors (Lipinski definition) is 4. The Balaban J connectivity index is 2.17. The molecule has 0 bridgehead atoms. The molecule has 0 aliphatic carbocycles. The first-order valence-corrected chi connectivity index (χ1v) is 6.50. The highest BCUT2D eigenvalue weighted by molar-refractivity contribution is 7.89. The second kappa shape index (κ2) is 4.68. The number of benzene rings is 1. The summed E-state index contributed by atoms with van der Waals surface area (Å²) in [5.41, 5.74) is 1.25. The van der Waals surface area contributed by atoms with Crippen LogP contribution in [-0.4, -0.2) is 13.4 Å². The lowest BCUT2D eigenvalue weighted by Gasteiger charge is -2.07. The van der Waals surface area contributed by atoms with Gasteiger partial charge < -0.3 is 4.42 Å². The molecule has 0 saturated heterocycles. The summed E-state index contributed by atoms with van der Waals surface area (Å²) in [6.45, 7) is 1.87. The smallest absolute Gasteiger partial charge is 0.241 e. The SMILES string of the molecule is Cc1ccccc1S(=O)(=O)NCc1cocn1. The third kappa shape index (κ3) is 2.72. The number of sulfonamides is 1. The molecule has 2 aromatic rings. The van der Waals surface area contributed by atoms with E-state index in [2.05, 4.69) is 9.71 Å². The van der Waals surface area contributed by atoms with Crippen molar-refractivity contribution in [1.82, 2.24) is 9.71 Å². The summed E-state index contributed by atoms with van der Waals surface area (Å²) in [7, 11) is -3.50. The highest BCUT2D eigenvalue weighted by Crippen LogP contribution is 2.14. The van der Waals surface area contributed by atoms with Crippen LogP contribution in [0, 0.1) is 6.92 Å². The summed E-state index contributed by atoms with van der Waals surface area (Å²) >= 11 is 0. The molecule has 0 atom stereocenters. The van der Waals surface area contributed by atoms with Crippen molar-refractivity contribution in [2.24, 2.45) is 0 Å². The Morgan fingerprint density at radius 2 is 2.12 bits per heavy atom. The third-order valence-corrected chi connectivity index (χ3v) is 3.87. The maximum absolute atomic E-state index is 12.0. The molecule has 0 amide bonds. The van der Waals surface area contributed by atoms with Crippen LogP contribution in [0.25, 0.3) is 0 Å². The van der Waals surface area contributed by atoms with Crippen molar-refractivity contribution in [3.63, 3.8) is 0 Å². The van der Waals surface area contributed by atoms with Crippen LogP contribution in [0.1, 0.15) is 11.3 Å². The van der Waals surface area contributed by atoms with Gasteiger partial charge in [-0.15, -0.1) is 0 Å². The van der Waals surface area contributed by atoms with Crippen LogP contribution in [0.15, 0.2) is 46.2 Å². The maximum atomic E-state index is 12.0. The first-order valence-electron chi connectivity index (χ1n) is 5.02. The molecular formula is C11H12N2O3S. The zero-order valence-electron chi connectivity index (χ0n) is 9.25. The molecule has 0 radical (unpaired) electrons.